The van der Waals surface area contributed by atoms with Crippen LogP contribution in [0.2, 0.25) is 0 Å². The molecule has 0 fully saturated rings. The lowest BCUT2D eigenvalue weighted by Crippen LogP contribution is -2.41. The van der Waals surface area contributed by atoms with E-state index in [-0.39, 0.29) is 24.7 Å². The van der Waals surface area contributed by atoms with Gasteiger partial charge in [-0.25, -0.2) is 4.79 Å². The first-order valence-corrected chi connectivity index (χ1v) is 11.3. The molecule has 2 aromatic carbocycles. The Balaban J connectivity index is 2.05. The van der Waals surface area contributed by atoms with Crippen LogP contribution in [0.1, 0.15) is 56.6 Å². The van der Waals surface area contributed by atoms with E-state index in [1.807, 2.05) is 19.1 Å². The maximum absolute atomic E-state index is 13.2. The number of carbonyl (C=O) groups is 2. The highest BCUT2D eigenvalue weighted by atomic mass is 19.4. The van der Waals surface area contributed by atoms with Crippen LogP contribution in [0.4, 0.5) is 29.3 Å². The molecular formula is C25H32F3N3O2. The van der Waals surface area contributed by atoms with E-state index in [1.165, 1.54) is 17.0 Å². The summed E-state index contributed by atoms with van der Waals surface area (Å²) in [6, 6.07) is 11.1. The SMILES string of the molecule is CCCCCCCC(=O)NCCN(C(=O)Nc1ccc(C)cc1)c1cccc(C(F)(F)F)c1. The maximum Gasteiger partial charge on any atom is 0.416 e. The number of benzene rings is 2. The first-order valence-electron chi connectivity index (χ1n) is 11.3. The lowest BCUT2D eigenvalue weighted by molar-refractivity contribution is -0.137. The average Bonchev–Trinajstić information content (AvgIpc) is 2.77. The van der Waals surface area contributed by atoms with Crippen molar-refractivity contribution in [3.63, 3.8) is 0 Å². The van der Waals surface area contributed by atoms with E-state index in [4.69, 9.17) is 0 Å². The van der Waals surface area contributed by atoms with E-state index < -0.39 is 17.8 Å². The number of amides is 3. The summed E-state index contributed by atoms with van der Waals surface area (Å²) in [5.41, 5.74) is 0.798. The minimum absolute atomic E-state index is 0.0284. The molecule has 2 N–H and O–H groups in total. The van der Waals surface area contributed by atoms with Crippen LogP contribution in [0, 0.1) is 6.92 Å². The summed E-state index contributed by atoms with van der Waals surface area (Å²) < 4.78 is 39.6. The van der Waals surface area contributed by atoms with Crippen molar-refractivity contribution < 1.29 is 22.8 Å². The number of hydrogen-bond donors (Lipinski definition) is 2. The number of anilines is 2. The molecule has 0 aliphatic rings. The van der Waals surface area contributed by atoms with E-state index in [2.05, 4.69) is 17.6 Å². The van der Waals surface area contributed by atoms with Gasteiger partial charge < -0.3 is 10.6 Å². The molecule has 0 bridgehead atoms. The Hall–Kier alpha value is -3.03. The number of nitrogens with zero attached hydrogens (tertiary/aromatic N) is 1. The summed E-state index contributed by atoms with van der Waals surface area (Å²) >= 11 is 0. The summed E-state index contributed by atoms with van der Waals surface area (Å²) in [6.45, 7) is 4.19. The van der Waals surface area contributed by atoms with Crippen molar-refractivity contribution >= 4 is 23.3 Å². The van der Waals surface area contributed by atoms with Gasteiger partial charge in [0.05, 0.1) is 5.56 Å². The fourth-order valence-electron chi connectivity index (χ4n) is 3.31. The van der Waals surface area contributed by atoms with E-state index >= 15 is 0 Å². The van der Waals surface area contributed by atoms with Gasteiger partial charge in [0.15, 0.2) is 0 Å². The maximum atomic E-state index is 13.2. The topological polar surface area (TPSA) is 61.4 Å². The van der Waals surface area contributed by atoms with Crippen LogP contribution < -0.4 is 15.5 Å². The van der Waals surface area contributed by atoms with Crippen LogP contribution in [0.15, 0.2) is 48.5 Å². The zero-order chi connectivity index (χ0) is 24.3. The Kier molecular flexibility index (Phi) is 10.2. The predicted molar refractivity (Wildman–Crippen MR) is 125 cm³/mol. The monoisotopic (exact) mass is 463 g/mol. The lowest BCUT2D eigenvalue weighted by Gasteiger charge is -2.24. The van der Waals surface area contributed by atoms with Gasteiger partial charge in [-0.15, -0.1) is 0 Å². The second kappa shape index (κ2) is 12.9. The van der Waals surface area contributed by atoms with E-state index in [1.54, 1.807) is 12.1 Å². The quantitative estimate of drug-likeness (QED) is 0.372. The Labute approximate surface area is 193 Å². The van der Waals surface area contributed by atoms with Crippen molar-refractivity contribution in [2.24, 2.45) is 0 Å². The van der Waals surface area contributed by atoms with E-state index in [0.29, 0.717) is 12.1 Å². The smallest absolute Gasteiger partial charge is 0.354 e. The molecule has 0 aliphatic heterocycles. The van der Waals surface area contributed by atoms with Crippen LogP contribution in [-0.2, 0) is 11.0 Å². The Morgan fingerprint density at radius 1 is 0.970 bits per heavy atom. The Bertz CT molecular complexity index is 899. The van der Waals surface area contributed by atoms with Crippen LogP contribution in [-0.4, -0.2) is 25.0 Å². The van der Waals surface area contributed by atoms with Gasteiger partial charge in [0.25, 0.3) is 0 Å². The molecule has 0 radical (unpaired) electrons. The van der Waals surface area contributed by atoms with Crippen LogP contribution >= 0.6 is 0 Å². The minimum Gasteiger partial charge on any atom is -0.354 e. The molecule has 0 heterocycles. The molecule has 0 saturated carbocycles. The molecule has 0 spiro atoms. The van der Waals surface area contributed by atoms with Gasteiger partial charge in [-0.2, -0.15) is 13.2 Å². The van der Waals surface area contributed by atoms with Crippen LogP contribution in [0.5, 0.6) is 0 Å². The van der Waals surface area contributed by atoms with Gasteiger partial charge in [-0.05, 0) is 43.7 Å². The second-order valence-corrected chi connectivity index (χ2v) is 8.01. The average molecular weight is 464 g/mol. The minimum atomic E-state index is -4.53. The first-order chi connectivity index (χ1) is 15.7. The van der Waals surface area contributed by atoms with Gasteiger partial charge in [0, 0.05) is 30.9 Å². The van der Waals surface area contributed by atoms with Crippen molar-refractivity contribution in [1.82, 2.24) is 5.32 Å². The summed E-state index contributed by atoms with van der Waals surface area (Å²) in [5, 5.41) is 5.47. The van der Waals surface area contributed by atoms with Gasteiger partial charge in [0.2, 0.25) is 5.91 Å². The highest BCUT2D eigenvalue weighted by Gasteiger charge is 2.31. The van der Waals surface area contributed by atoms with Crippen LogP contribution in [0.3, 0.4) is 0 Å². The normalized spacial score (nSPS) is 11.2. The second-order valence-electron chi connectivity index (χ2n) is 8.01. The molecule has 8 heteroatoms. The number of carbonyl (C=O) groups excluding carboxylic acids is 2. The lowest BCUT2D eigenvalue weighted by atomic mass is 10.1. The van der Waals surface area contributed by atoms with Crippen molar-refractivity contribution in [1.29, 1.82) is 0 Å². The van der Waals surface area contributed by atoms with E-state index in [0.717, 1.165) is 49.8 Å². The molecule has 2 aromatic rings. The number of hydrogen-bond acceptors (Lipinski definition) is 2. The predicted octanol–water partition coefficient (Wildman–Crippen LogP) is 6.53. The van der Waals surface area contributed by atoms with E-state index in [9.17, 15) is 22.8 Å². The standard InChI is InChI=1S/C25H32F3N3O2/c1-3-4-5-6-7-11-23(32)29-16-17-31(22-10-8-9-20(18-22)25(26,27)28)24(33)30-21-14-12-19(2)13-15-21/h8-10,12-15,18H,3-7,11,16-17H2,1-2H3,(H,29,32)(H,30,33). The van der Waals surface area contributed by atoms with Gasteiger partial charge in [-0.1, -0.05) is 56.4 Å². The van der Waals surface area contributed by atoms with Crippen molar-refractivity contribution in [3.8, 4) is 0 Å². The molecule has 3 amide bonds. The number of urea groups is 1. The number of aryl methyl sites for hydroxylation is 1. The largest absolute Gasteiger partial charge is 0.416 e. The molecule has 180 valence electrons. The highest BCUT2D eigenvalue weighted by molar-refractivity contribution is 6.01. The van der Waals surface area contributed by atoms with Crippen molar-refractivity contribution in [2.45, 2.75) is 58.5 Å². The fraction of sp³-hybridized carbons (Fsp3) is 0.440. The van der Waals surface area contributed by atoms with Gasteiger partial charge in [-0.3, -0.25) is 9.69 Å². The molecule has 5 nitrogen and oxygen atoms in total. The third-order valence-electron chi connectivity index (χ3n) is 5.20. The highest BCUT2D eigenvalue weighted by Crippen LogP contribution is 2.31. The van der Waals surface area contributed by atoms with Crippen LogP contribution in [0.25, 0.3) is 0 Å². The number of unbranched alkanes of at least 4 members (excludes halogenated alkanes) is 4. The molecule has 0 aromatic heterocycles. The zero-order valence-electron chi connectivity index (χ0n) is 19.2. The Morgan fingerprint density at radius 2 is 1.67 bits per heavy atom. The summed E-state index contributed by atoms with van der Waals surface area (Å²) in [7, 11) is 0. The summed E-state index contributed by atoms with van der Waals surface area (Å²) in [6.07, 6.45) is 0.996. The fourth-order valence-corrected chi connectivity index (χ4v) is 3.31. The zero-order valence-corrected chi connectivity index (χ0v) is 19.2. The Morgan fingerprint density at radius 3 is 2.33 bits per heavy atom. The van der Waals surface area contributed by atoms with Crippen molar-refractivity contribution in [3.05, 3.63) is 59.7 Å². The summed E-state index contributed by atoms with van der Waals surface area (Å²) in [4.78, 5) is 26.2. The molecular weight excluding hydrogens is 431 g/mol. The molecule has 2 rings (SSSR count). The number of nitrogens with one attached hydrogen (secondary N) is 2. The summed E-state index contributed by atoms with van der Waals surface area (Å²) in [5.74, 6) is -0.130. The molecule has 33 heavy (non-hydrogen) atoms. The molecule has 0 saturated heterocycles. The molecule has 0 atom stereocenters. The number of alkyl halides is 3. The number of halogens is 3. The van der Waals surface area contributed by atoms with Gasteiger partial charge in [0.1, 0.15) is 0 Å². The number of rotatable bonds is 11. The van der Waals surface area contributed by atoms with Gasteiger partial charge >= 0.3 is 12.2 Å². The molecule has 0 unspecified atom stereocenters. The third-order valence-corrected chi connectivity index (χ3v) is 5.20. The first kappa shape index (κ1) is 26.2. The third kappa shape index (κ3) is 9.16. The van der Waals surface area contributed by atoms with Crippen molar-refractivity contribution in [2.75, 3.05) is 23.3 Å². The molecule has 0 aliphatic carbocycles.